The first-order valence-electron chi connectivity index (χ1n) is 8.29. The molecule has 0 aromatic heterocycles. The fourth-order valence-electron chi connectivity index (χ4n) is 2.52. The SMILES string of the molecule is C=CCN(Cc1ccccc1F)C(=O)c1cc(Cl)c(OCC(N)=O)c(OC)c1. The summed E-state index contributed by atoms with van der Waals surface area (Å²) in [6.45, 7) is 3.51. The van der Waals surface area contributed by atoms with Crippen LogP contribution in [0.25, 0.3) is 0 Å². The van der Waals surface area contributed by atoms with Crippen LogP contribution in [0.15, 0.2) is 49.1 Å². The molecule has 0 saturated carbocycles. The summed E-state index contributed by atoms with van der Waals surface area (Å²) in [5, 5.41) is 0.0772. The van der Waals surface area contributed by atoms with Crippen molar-refractivity contribution >= 4 is 23.4 Å². The van der Waals surface area contributed by atoms with Crippen molar-refractivity contribution in [2.24, 2.45) is 5.73 Å². The highest BCUT2D eigenvalue weighted by Crippen LogP contribution is 2.36. The number of methoxy groups -OCH3 is 1. The Morgan fingerprint density at radius 1 is 1.32 bits per heavy atom. The van der Waals surface area contributed by atoms with Crippen LogP contribution in [0.3, 0.4) is 0 Å². The molecule has 0 unspecified atom stereocenters. The largest absolute Gasteiger partial charge is 0.493 e. The van der Waals surface area contributed by atoms with Gasteiger partial charge >= 0.3 is 0 Å². The molecule has 0 heterocycles. The van der Waals surface area contributed by atoms with Crippen LogP contribution in [0.5, 0.6) is 11.5 Å². The number of rotatable bonds is 9. The van der Waals surface area contributed by atoms with Gasteiger partial charge in [0.25, 0.3) is 11.8 Å². The van der Waals surface area contributed by atoms with E-state index in [2.05, 4.69) is 6.58 Å². The summed E-state index contributed by atoms with van der Waals surface area (Å²) in [7, 11) is 1.37. The minimum atomic E-state index is -0.680. The highest BCUT2D eigenvalue weighted by atomic mass is 35.5. The van der Waals surface area contributed by atoms with Crippen molar-refractivity contribution in [1.29, 1.82) is 0 Å². The average molecular weight is 407 g/mol. The van der Waals surface area contributed by atoms with Gasteiger partial charge in [0.05, 0.1) is 12.1 Å². The lowest BCUT2D eigenvalue weighted by atomic mass is 10.1. The van der Waals surface area contributed by atoms with E-state index in [1.54, 1.807) is 24.3 Å². The molecular weight excluding hydrogens is 387 g/mol. The molecule has 6 nitrogen and oxygen atoms in total. The van der Waals surface area contributed by atoms with E-state index in [1.165, 1.54) is 30.2 Å². The Kier molecular flexibility index (Phi) is 7.40. The van der Waals surface area contributed by atoms with Crippen LogP contribution in [-0.4, -0.2) is 37.0 Å². The third-order valence-corrected chi connectivity index (χ3v) is 4.07. The molecule has 0 saturated heterocycles. The van der Waals surface area contributed by atoms with Crippen molar-refractivity contribution in [1.82, 2.24) is 4.90 Å². The Hall–Kier alpha value is -3.06. The van der Waals surface area contributed by atoms with E-state index in [-0.39, 0.29) is 41.8 Å². The van der Waals surface area contributed by atoms with Crippen LogP contribution in [0.4, 0.5) is 4.39 Å². The number of halogens is 2. The summed E-state index contributed by atoms with van der Waals surface area (Å²) in [4.78, 5) is 25.3. The lowest BCUT2D eigenvalue weighted by Crippen LogP contribution is -2.31. The predicted octanol–water partition coefficient (Wildman–Crippen LogP) is 3.18. The summed E-state index contributed by atoms with van der Waals surface area (Å²) < 4.78 is 24.4. The maximum atomic E-state index is 14.0. The van der Waals surface area contributed by atoms with Crippen molar-refractivity contribution in [3.05, 3.63) is 71.0 Å². The van der Waals surface area contributed by atoms with E-state index >= 15 is 0 Å². The van der Waals surface area contributed by atoms with Gasteiger partial charge in [0.2, 0.25) is 0 Å². The van der Waals surface area contributed by atoms with Gasteiger partial charge in [0, 0.05) is 24.2 Å². The van der Waals surface area contributed by atoms with E-state index in [9.17, 15) is 14.0 Å². The molecule has 28 heavy (non-hydrogen) atoms. The number of hydrogen-bond donors (Lipinski definition) is 1. The second-order valence-corrected chi connectivity index (χ2v) is 6.22. The summed E-state index contributed by atoms with van der Waals surface area (Å²) in [5.74, 6) is -1.22. The fourth-order valence-corrected chi connectivity index (χ4v) is 2.78. The van der Waals surface area contributed by atoms with Gasteiger partial charge in [-0.2, -0.15) is 0 Å². The summed E-state index contributed by atoms with van der Waals surface area (Å²) in [5.41, 5.74) is 5.66. The van der Waals surface area contributed by atoms with Gasteiger partial charge in [-0.25, -0.2) is 4.39 Å². The van der Waals surface area contributed by atoms with Crippen LogP contribution >= 0.6 is 11.6 Å². The first-order valence-corrected chi connectivity index (χ1v) is 8.67. The highest BCUT2D eigenvalue weighted by molar-refractivity contribution is 6.32. The molecule has 0 spiro atoms. The second-order valence-electron chi connectivity index (χ2n) is 5.81. The molecule has 0 fully saturated rings. The lowest BCUT2D eigenvalue weighted by Gasteiger charge is -2.22. The summed E-state index contributed by atoms with van der Waals surface area (Å²) >= 11 is 6.20. The van der Waals surface area contributed by atoms with Crippen molar-refractivity contribution in [2.45, 2.75) is 6.54 Å². The fraction of sp³-hybridized carbons (Fsp3) is 0.200. The van der Waals surface area contributed by atoms with Gasteiger partial charge in [-0.1, -0.05) is 35.9 Å². The standard InChI is InChI=1S/C20H20ClFN2O4/c1-3-8-24(11-13-6-4-5-7-16(13)22)20(26)14-9-15(21)19(17(10-14)27-2)28-12-18(23)25/h3-7,9-10H,1,8,11-12H2,2H3,(H2,23,25). The Bertz CT molecular complexity index is 889. The van der Waals surface area contributed by atoms with E-state index in [4.69, 9.17) is 26.8 Å². The normalized spacial score (nSPS) is 10.2. The number of nitrogens with two attached hydrogens (primary N) is 1. The maximum Gasteiger partial charge on any atom is 0.255 e. The summed E-state index contributed by atoms with van der Waals surface area (Å²) in [6, 6.07) is 9.03. The second kappa shape index (κ2) is 9.75. The van der Waals surface area contributed by atoms with Crippen LogP contribution in [0.1, 0.15) is 15.9 Å². The molecule has 0 aliphatic rings. The molecule has 0 radical (unpaired) electrons. The highest BCUT2D eigenvalue weighted by Gasteiger charge is 2.21. The van der Waals surface area contributed by atoms with Gasteiger partial charge in [-0.3, -0.25) is 9.59 Å². The van der Waals surface area contributed by atoms with Gasteiger partial charge in [-0.15, -0.1) is 6.58 Å². The molecule has 148 valence electrons. The third kappa shape index (κ3) is 5.23. The average Bonchev–Trinajstić information content (AvgIpc) is 2.67. The Labute approximate surface area is 167 Å². The number of carbonyl (C=O) groups is 2. The number of carbonyl (C=O) groups excluding carboxylic acids is 2. The number of benzene rings is 2. The minimum Gasteiger partial charge on any atom is -0.493 e. The van der Waals surface area contributed by atoms with E-state index in [1.807, 2.05) is 0 Å². The van der Waals surface area contributed by atoms with Gasteiger partial charge in [0.15, 0.2) is 18.1 Å². The zero-order chi connectivity index (χ0) is 20.7. The smallest absolute Gasteiger partial charge is 0.255 e. The Morgan fingerprint density at radius 3 is 2.64 bits per heavy atom. The van der Waals surface area contributed by atoms with Gasteiger partial charge in [0.1, 0.15) is 5.82 Å². The van der Waals surface area contributed by atoms with Crippen molar-refractivity contribution in [2.75, 3.05) is 20.3 Å². The first kappa shape index (κ1) is 21.2. The maximum absolute atomic E-state index is 14.0. The van der Waals surface area contributed by atoms with E-state index in [0.29, 0.717) is 5.56 Å². The molecular formula is C20H20ClFN2O4. The zero-order valence-corrected chi connectivity index (χ0v) is 16.0. The molecule has 0 bridgehead atoms. The zero-order valence-electron chi connectivity index (χ0n) is 15.3. The Morgan fingerprint density at radius 2 is 2.04 bits per heavy atom. The van der Waals surface area contributed by atoms with Crippen molar-refractivity contribution in [3.63, 3.8) is 0 Å². The molecule has 2 aromatic rings. The van der Waals surface area contributed by atoms with Crippen molar-refractivity contribution < 1.29 is 23.5 Å². The first-order chi connectivity index (χ1) is 13.4. The van der Waals surface area contributed by atoms with Gasteiger partial charge < -0.3 is 20.1 Å². The number of nitrogens with zero attached hydrogens (tertiary/aromatic N) is 1. The summed E-state index contributed by atoms with van der Waals surface area (Å²) in [6.07, 6.45) is 1.54. The van der Waals surface area contributed by atoms with Crippen LogP contribution in [0, 0.1) is 5.82 Å². The monoisotopic (exact) mass is 406 g/mol. The molecule has 8 heteroatoms. The van der Waals surface area contributed by atoms with Gasteiger partial charge in [-0.05, 0) is 18.2 Å². The minimum absolute atomic E-state index is 0.0530. The molecule has 0 atom stereocenters. The molecule has 0 aliphatic carbocycles. The molecule has 2 aromatic carbocycles. The molecule has 2 N–H and O–H groups in total. The lowest BCUT2D eigenvalue weighted by molar-refractivity contribution is -0.119. The third-order valence-electron chi connectivity index (χ3n) is 3.79. The number of primary amides is 1. The molecule has 2 rings (SSSR count). The number of amides is 2. The van der Waals surface area contributed by atoms with Crippen molar-refractivity contribution in [3.8, 4) is 11.5 Å². The van der Waals surface area contributed by atoms with Crippen LogP contribution in [-0.2, 0) is 11.3 Å². The number of ether oxygens (including phenoxy) is 2. The van der Waals surface area contributed by atoms with Crippen LogP contribution < -0.4 is 15.2 Å². The molecule has 0 aliphatic heterocycles. The Balaban J connectivity index is 2.33. The van der Waals surface area contributed by atoms with Crippen LogP contribution in [0.2, 0.25) is 5.02 Å². The quantitative estimate of drug-likeness (QED) is 0.648. The predicted molar refractivity (Wildman–Crippen MR) is 104 cm³/mol. The van der Waals surface area contributed by atoms with E-state index in [0.717, 1.165) is 0 Å². The topological polar surface area (TPSA) is 81.9 Å². The number of hydrogen-bond acceptors (Lipinski definition) is 4. The van der Waals surface area contributed by atoms with E-state index < -0.39 is 17.6 Å². The molecule has 2 amide bonds.